The van der Waals surface area contributed by atoms with Gasteiger partial charge in [-0.05, 0) is 36.6 Å². The summed E-state index contributed by atoms with van der Waals surface area (Å²) in [4.78, 5) is 21.6. The quantitative estimate of drug-likeness (QED) is 0.684. The van der Waals surface area contributed by atoms with Crippen molar-refractivity contribution in [3.8, 4) is 11.4 Å². The van der Waals surface area contributed by atoms with Crippen molar-refractivity contribution in [3.63, 3.8) is 0 Å². The average Bonchev–Trinajstić information content (AvgIpc) is 3.37. The van der Waals surface area contributed by atoms with Crippen LogP contribution in [0.5, 0.6) is 0 Å². The second-order valence-corrected chi connectivity index (χ2v) is 7.56. The molecule has 28 heavy (non-hydrogen) atoms. The molecule has 1 amide bonds. The maximum atomic E-state index is 13.0. The maximum Gasteiger partial charge on any atom is 0.253 e. The maximum absolute atomic E-state index is 13.0. The van der Waals surface area contributed by atoms with E-state index >= 15 is 0 Å². The molecule has 1 fully saturated rings. The number of nitrogens with zero attached hydrogens (tertiary/aromatic N) is 4. The highest BCUT2D eigenvalue weighted by atomic mass is 16.2. The predicted octanol–water partition coefficient (Wildman–Crippen LogP) is 3.69. The minimum absolute atomic E-state index is 0.0641. The number of imidazole rings is 1. The summed E-state index contributed by atoms with van der Waals surface area (Å²) in [6.45, 7) is 2.81. The molecule has 0 spiro atoms. The number of aromatic nitrogens is 2. The number of hydrogen-bond donors (Lipinski definition) is 0. The van der Waals surface area contributed by atoms with Crippen LogP contribution < -0.4 is 4.90 Å². The predicted molar refractivity (Wildman–Crippen MR) is 112 cm³/mol. The van der Waals surface area contributed by atoms with E-state index in [1.165, 1.54) is 5.69 Å². The van der Waals surface area contributed by atoms with Gasteiger partial charge < -0.3 is 14.4 Å². The highest BCUT2D eigenvalue weighted by Gasteiger charge is 2.25. The number of carbonyl (C=O) groups excluding carboxylic acids is 1. The van der Waals surface area contributed by atoms with Crippen molar-refractivity contribution in [2.45, 2.75) is 6.42 Å². The van der Waals surface area contributed by atoms with Gasteiger partial charge in [-0.2, -0.15) is 0 Å². The molecule has 144 valence electrons. The molecule has 1 unspecified atom stereocenters. The van der Waals surface area contributed by atoms with Gasteiger partial charge in [-0.15, -0.1) is 0 Å². The van der Waals surface area contributed by atoms with Crippen LogP contribution in [-0.4, -0.2) is 47.0 Å². The Kier molecular flexibility index (Phi) is 5.15. The fraction of sp³-hybridized carbons (Fsp3) is 0.304. The van der Waals surface area contributed by atoms with Crippen molar-refractivity contribution in [2.24, 2.45) is 13.0 Å². The zero-order chi connectivity index (χ0) is 19.5. The molecule has 5 heteroatoms. The fourth-order valence-corrected chi connectivity index (χ4v) is 3.98. The third-order valence-electron chi connectivity index (χ3n) is 5.47. The Balaban J connectivity index is 1.41. The van der Waals surface area contributed by atoms with Crippen molar-refractivity contribution in [1.82, 2.24) is 14.5 Å². The van der Waals surface area contributed by atoms with Gasteiger partial charge in [0.1, 0.15) is 5.82 Å². The summed E-state index contributed by atoms with van der Waals surface area (Å²) < 4.78 is 1.96. The summed E-state index contributed by atoms with van der Waals surface area (Å²) in [7, 11) is 3.86. The van der Waals surface area contributed by atoms with Crippen molar-refractivity contribution in [1.29, 1.82) is 0 Å². The molecule has 5 nitrogen and oxygen atoms in total. The van der Waals surface area contributed by atoms with E-state index < -0.39 is 0 Å². The van der Waals surface area contributed by atoms with Gasteiger partial charge in [0.2, 0.25) is 0 Å². The van der Waals surface area contributed by atoms with Crippen molar-refractivity contribution >= 4 is 11.6 Å². The van der Waals surface area contributed by atoms with Gasteiger partial charge in [0.15, 0.2) is 0 Å². The monoisotopic (exact) mass is 374 g/mol. The lowest BCUT2D eigenvalue weighted by atomic mass is 10.1. The first-order valence-electron chi connectivity index (χ1n) is 9.75. The first-order chi connectivity index (χ1) is 13.6. The molecular formula is C23H26N4O. The molecule has 1 aliphatic heterocycles. The zero-order valence-electron chi connectivity index (χ0n) is 16.5. The van der Waals surface area contributed by atoms with Crippen molar-refractivity contribution in [2.75, 3.05) is 31.6 Å². The number of hydrogen-bond acceptors (Lipinski definition) is 3. The van der Waals surface area contributed by atoms with E-state index in [-0.39, 0.29) is 5.91 Å². The van der Waals surface area contributed by atoms with Crippen molar-refractivity contribution in [3.05, 3.63) is 72.6 Å². The molecule has 0 bridgehead atoms. The van der Waals surface area contributed by atoms with Gasteiger partial charge >= 0.3 is 0 Å². The largest absolute Gasteiger partial charge is 0.371 e. The second kappa shape index (κ2) is 7.89. The Morgan fingerprint density at radius 1 is 1.18 bits per heavy atom. The molecule has 1 aromatic heterocycles. The van der Waals surface area contributed by atoms with Gasteiger partial charge in [-0.25, -0.2) is 4.98 Å². The van der Waals surface area contributed by atoms with Crippen LogP contribution >= 0.6 is 0 Å². The van der Waals surface area contributed by atoms with Crippen molar-refractivity contribution < 1.29 is 4.79 Å². The topological polar surface area (TPSA) is 41.4 Å². The van der Waals surface area contributed by atoms with Crippen LogP contribution in [0.1, 0.15) is 16.8 Å². The van der Waals surface area contributed by atoms with Crippen LogP contribution in [-0.2, 0) is 7.05 Å². The first kappa shape index (κ1) is 18.3. The number of benzene rings is 2. The molecule has 1 atom stereocenters. The summed E-state index contributed by atoms with van der Waals surface area (Å²) in [6, 6.07) is 18.2. The lowest BCUT2D eigenvalue weighted by molar-refractivity contribution is 0.0776. The van der Waals surface area contributed by atoms with Crippen LogP contribution in [0.15, 0.2) is 67.0 Å². The Morgan fingerprint density at radius 3 is 2.75 bits per heavy atom. The van der Waals surface area contributed by atoms with E-state index in [1.54, 1.807) is 6.20 Å². The number of aryl methyl sites for hydroxylation is 1. The molecule has 1 saturated heterocycles. The van der Waals surface area contributed by atoms with E-state index in [0.717, 1.165) is 37.4 Å². The number of amides is 1. The summed E-state index contributed by atoms with van der Waals surface area (Å²) in [5.74, 6) is 1.42. The van der Waals surface area contributed by atoms with Crippen LogP contribution in [0.2, 0.25) is 0 Å². The highest BCUT2D eigenvalue weighted by molar-refractivity contribution is 5.95. The average molecular weight is 374 g/mol. The number of anilines is 1. The van der Waals surface area contributed by atoms with E-state index in [4.69, 9.17) is 0 Å². The van der Waals surface area contributed by atoms with Gasteiger partial charge in [0.05, 0.1) is 0 Å². The van der Waals surface area contributed by atoms with E-state index in [2.05, 4.69) is 34.1 Å². The Bertz CT molecular complexity index is 950. The summed E-state index contributed by atoms with van der Waals surface area (Å²) in [5.41, 5.74) is 2.94. The van der Waals surface area contributed by atoms with Gasteiger partial charge in [0, 0.05) is 62.9 Å². The Morgan fingerprint density at radius 2 is 2.00 bits per heavy atom. The molecule has 0 radical (unpaired) electrons. The van der Waals surface area contributed by atoms with Gasteiger partial charge in [-0.3, -0.25) is 4.79 Å². The lowest BCUT2D eigenvalue weighted by Crippen LogP contribution is -2.33. The standard InChI is InChI=1S/C23H26N4O/c1-25-14-12-24-22(25)19-7-6-8-20(15-19)23(28)26(2)16-18-11-13-27(17-18)21-9-4-3-5-10-21/h3-10,12,14-15,18H,11,13,16-17H2,1-2H3. The molecule has 0 aliphatic carbocycles. The van der Waals surface area contributed by atoms with Crippen LogP contribution in [0.3, 0.4) is 0 Å². The number of carbonyl (C=O) groups is 1. The normalized spacial score (nSPS) is 16.4. The Hall–Kier alpha value is -3.08. The smallest absolute Gasteiger partial charge is 0.253 e. The summed E-state index contributed by atoms with van der Waals surface area (Å²) >= 11 is 0. The summed E-state index contributed by atoms with van der Waals surface area (Å²) in [6.07, 6.45) is 4.79. The van der Waals surface area contributed by atoms with Gasteiger partial charge in [0.25, 0.3) is 5.91 Å². The Labute approximate surface area is 166 Å². The van der Waals surface area contributed by atoms with Crippen LogP contribution in [0.25, 0.3) is 11.4 Å². The molecule has 3 aromatic rings. The number of rotatable bonds is 5. The minimum Gasteiger partial charge on any atom is -0.371 e. The third-order valence-corrected chi connectivity index (χ3v) is 5.47. The van der Waals surface area contributed by atoms with Gasteiger partial charge in [-0.1, -0.05) is 30.3 Å². The second-order valence-electron chi connectivity index (χ2n) is 7.56. The van der Waals surface area contributed by atoms with E-state index in [0.29, 0.717) is 11.5 Å². The molecule has 0 saturated carbocycles. The lowest BCUT2D eigenvalue weighted by Gasteiger charge is -2.23. The summed E-state index contributed by atoms with van der Waals surface area (Å²) in [5, 5.41) is 0. The minimum atomic E-state index is 0.0641. The SMILES string of the molecule is CN(CC1CCN(c2ccccc2)C1)C(=O)c1cccc(-c2nccn2C)c1. The molecule has 2 aromatic carbocycles. The first-order valence-corrected chi connectivity index (χ1v) is 9.75. The fourth-order valence-electron chi connectivity index (χ4n) is 3.98. The third kappa shape index (κ3) is 3.79. The highest BCUT2D eigenvalue weighted by Crippen LogP contribution is 2.25. The molecular weight excluding hydrogens is 348 g/mol. The van der Waals surface area contributed by atoms with E-state index in [1.807, 2.05) is 60.1 Å². The molecule has 2 heterocycles. The molecule has 1 aliphatic rings. The zero-order valence-corrected chi connectivity index (χ0v) is 16.5. The van der Waals surface area contributed by atoms with Crippen LogP contribution in [0.4, 0.5) is 5.69 Å². The number of para-hydroxylation sites is 1. The van der Waals surface area contributed by atoms with E-state index in [9.17, 15) is 4.79 Å². The molecule has 0 N–H and O–H groups in total. The van der Waals surface area contributed by atoms with Crippen LogP contribution in [0, 0.1) is 5.92 Å². The molecule has 4 rings (SSSR count).